The van der Waals surface area contributed by atoms with E-state index >= 15 is 0 Å². The van der Waals surface area contributed by atoms with Crippen LogP contribution in [0.25, 0.3) is 5.82 Å². The van der Waals surface area contributed by atoms with Gasteiger partial charge in [-0.25, -0.2) is 9.67 Å². The maximum absolute atomic E-state index is 12.4. The number of amides is 1. The summed E-state index contributed by atoms with van der Waals surface area (Å²) in [5.41, 5.74) is 3.78. The average Bonchev–Trinajstić information content (AvgIpc) is 3.21. The number of hydrogen-bond acceptors (Lipinski definition) is 3. The first-order valence-electron chi connectivity index (χ1n) is 8.00. The van der Waals surface area contributed by atoms with E-state index in [1.54, 1.807) is 17.1 Å². The molecule has 3 heterocycles. The summed E-state index contributed by atoms with van der Waals surface area (Å²) in [6.45, 7) is 7.39. The van der Waals surface area contributed by atoms with Gasteiger partial charge in [-0.3, -0.25) is 4.79 Å². The Labute approximate surface area is 141 Å². The van der Waals surface area contributed by atoms with Gasteiger partial charge in [-0.2, -0.15) is 5.10 Å². The summed E-state index contributed by atoms with van der Waals surface area (Å²) in [6, 6.07) is 7.62. The first kappa shape index (κ1) is 16.0. The number of nitrogens with one attached hydrogen (secondary N) is 1. The van der Waals surface area contributed by atoms with Gasteiger partial charge in [0.05, 0.1) is 5.56 Å². The molecule has 6 heteroatoms. The van der Waals surface area contributed by atoms with Crippen LogP contribution < -0.4 is 5.32 Å². The lowest BCUT2D eigenvalue weighted by Crippen LogP contribution is -2.23. The molecule has 124 valence electrons. The molecule has 3 aromatic rings. The van der Waals surface area contributed by atoms with E-state index in [1.807, 2.05) is 44.3 Å². The van der Waals surface area contributed by atoms with E-state index in [2.05, 4.69) is 26.9 Å². The predicted octanol–water partition coefficient (Wildman–Crippen LogP) is 2.64. The molecule has 0 saturated carbocycles. The number of rotatable bonds is 5. The molecule has 0 aliphatic rings. The van der Waals surface area contributed by atoms with Gasteiger partial charge in [-0.15, -0.1) is 0 Å². The van der Waals surface area contributed by atoms with Gasteiger partial charge in [0, 0.05) is 43.1 Å². The van der Waals surface area contributed by atoms with Gasteiger partial charge in [0.15, 0.2) is 5.82 Å². The Morgan fingerprint density at radius 2 is 2.12 bits per heavy atom. The highest BCUT2D eigenvalue weighted by Gasteiger charge is 2.14. The van der Waals surface area contributed by atoms with Gasteiger partial charge in [0.2, 0.25) is 0 Å². The SMILES string of the molecule is CCn1c(C)cc(C(=O)NCc2ccc(-n3cccn3)nc2)c1C. The number of nitrogens with zero attached hydrogens (tertiary/aromatic N) is 4. The van der Waals surface area contributed by atoms with Crippen LogP contribution in [0.5, 0.6) is 0 Å². The Bertz CT molecular complexity index is 831. The number of carbonyl (C=O) groups excluding carboxylic acids is 1. The fraction of sp³-hybridized carbons (Fsp3) is 0.278. The van der Waals surface area contributed by atoms with E-state index in [1.165, 1.54) is 0 Å². The Morgan fingerprint density at radius 3 is 2.71 bits per heavy atom. The number of pyridine rings is 1. The third-order valence-electron chi connectivity index (χ3n) is 4.14. The van der Waals surface area contributed by atoms with Crippen LogP contribution in [0, 0.1) is 13.8 Å². The van der Waals surface area contributed by atoms with Crippen LogP contribution in [0.1, 0.15) is 34.2 Å². The first-order chi connectivity index (χ1) is 11.6. The van der Waals surface area contributed by atoms with Crippen molar-refractivity contribution in [2.24, 2.45) is 0 Å². The van der Waals surface area contributed by atoms with E-state index in [9.17, 15) is 4.79 Å². The lowest BCUT2D eigenvalue weighted by molar-refractivity contribution is 0.0950. The van der Waals surface area contributed by atoms with Crippen molar-refractivity contribution >= 4 is 5.91 Å². The predicted molar refractivity (Wildman–Crippen MR) is 92.1 cm³/mol. The largest absolute Gasteiger partial charge is 0.349 e. The monoisotopic (exact) mass is 323 g/mol. The summed E-state index contributed by atoms with van der Waals surface area (Å²) in [6.07, 6.45) is 5.31. The molecule has 24 heavy (non-hydrogen) atoms. The van der Waals surface area contributed by atoms with Gasteiger partial charge >= 0.3 is 0 Å². The van der Waals surface area contributed by atoms with E-state index in [-0.39, 0.29) is 5.91 Å². The molecule has 3 rings (SSSR count). The summed E-state index contributed by atoms with van der Waals surface area (Å²) >= 11 is 0. The van der Waals surface area contributed by atoms with Crippen LogP contribution >= 0.6 is 0 Å². The second-order valence-electron chi connectivity index (χ2n) is 5.69. The van der Waals surface area contributed by atoms with Crippen molar-refractivity contribution in [1.29, 1.82) is 0 Å². The molecular formula is C18H21N5O. The average molecular weight is 323 g/mol. The number of carbonyl (C=O) groups is 1. The lowest BCUT2D eigenvalue weighted by Gasteiger charge is -2.08. The standard InChI is InChI=1S/C18H21N5O/c1-4-22-13(2)10-16(14(22)3)18(24)20-12-15-6-7-17(19-11-15)23-9-5-8-21-23/h5-11H,4,12H2,1-3H3,(H,20,24). The second-order valence-corrected chi connectivity index (χ2v) is 5.69. The quantitative estimate of drug-likeness (QED) is 0.785. The van der Waals surface area contributed by atoms with Crippen molar-refractivity contribution in [1.82, 2.24) is 24.6 Å². The van der Waals surface area contributed by atoms with E-state index in [4.69, 9.17) is 0 Å². The molecule has 0 saturated heterocycles. The summed E-state index contributed by atoms with van der Waals surface area (Å²) in [4.78, 5) is 16.8. The summed E-state index contributed by atoms with van der Waals surface area (Å²) in [7, 11) is 0. The highest BCUT2D eigenvalue weighted by atomic mass is 16.1. The van der Waals surface area contributed by atoms with Crippen LogP contribution in [-0.2, 0) is 13.1 Å². The van der Waals surface area contributed by atoms with Crippen molar-refractivity contribution < 1.29 is 4.79 Å². The van der Waals surface area contributed by atoms with Crippen molar-refractivity contribution in [2.45, 2.75) is 33.9 Å². The van der Waals surface area contributed by atoms with Gasteiger partial charge < -0.3 is 9.88 Å². The van der Waals surface area contributed by atoms with Crippen molar-refractivity contribution in [3.63, 3.8) is 0 Å². The molecule has 0 bridgehead atoms. The minimum absolute atomic E-state index is 0.0565. The van der Waals surface area contributed by atoms with Crippen molar-refractivity contribution in [3.8, 4) is 5.82 Å². The highest BCUT2D eigenvalue weighted by Crippen LogP contribution is 2.15. The van der Waals surface area contributed by atoms with Gasteiger partial charge in [0.1, 0.15) is 0 Å². The van der Waals surface area contributed by atoms with E-state index < -0.39 is 0 Å². The zero-order valence-electron chi connectivity index (χ0n) is 14.2. The molecule has 1 N–H and O–H groups in total. The molecule has 0 radical (unpaired) electrons. The van der Waals surface area contributed by atoms with Crippen LogP contribution in [0.3, 0.4) is 0 Å². The summed E-state index contributed by atoms with van der Waals surface area (Å²) in [5.74, 6) is 0.695. The fourth-order valence-corrected chi connectivity index (χ4v) is 2.86. The minimum atomic E-state index is -0.0565. The third kappa shape index (κ3) is 3.08. The zero-order chi connectivity index (χ0) is 17.1. The molecular weight excluding hydrogens is 302 g/mol. The molecule has 0 atom stereocenters. The molecule has 0 aliphatic heterocycles. The maximum atomic E-state index is 12.4. The zero-order valence-corrected chi connectivity index (χ0v) is 14.2. The van der Waals surface area contributed by atoms with Gasteiger partial charge in [0.25, 0.3) is 5.91 Å². The normalized spacial score (nSPS) is 10.8. The van der Waals surface area contributed by atoms with E-state index in [0.29, 0.717) is 6.54 Å². The topological polar surface area (TPSA) is 64.7 Å². The first-order valence-corrected chi connectivity index (χ1v) is 8.00. The Hall–Kier alpha value is -2.89. The third-order valence-corrected chi connectivity index (χ3v) is 4.14. The van der Waals surface area contributed by atoms with Crippen LogP contribution in [-0.4, -0.2) is 25.2 Å². The highest BCUT2D eigenvalue weighted by molar-refractivity contribution is 5.95. The molecule has 0 fully saturated rings. The van der Waals surface area contributed by atoms with Gasteiger partial charge in [-0.1, -0.05) is 6.07 Å². The van der Waals surface area contributed by atoms with Crippen molar-refractivity contribution in [2.75, 3.05) is 0 Å². The molecule has 0 unspecified atom stereocenters. The Morgan fingerprint density at radius 1 is 1.29 bits per heavy atom. The number of aryl methyl sites for hydroxylation is 1. The fourth-order valence-electron chi connectivity index (χ4n) is 2.86. The maximum Gasteiger partial charge on any atom is 0.253 e. The molecule has 6 nitrogen and oxygen atoms in total. The van der Waals surface area contributed by atoms with Crippen molar-refractivity contribution in [3.05, 3.63) is 65.4 Å². The molecule has 0 aliphatic carbocycles. The number of aromatic nitrogens is 4. The Balaban J connectivity index is 1.66. The molecule has 0 spiro atoms. The van der Waals surface area contributed by atoms with E-state index in [0.717, 1.165) is 34.9 Å². The summed E-state index contributed by atoms with van der Waals surface area (Å²) in [5, 5.41) is 7.10. The smallest absolute Gasteiger partial charge is 0.253 e. The molecule has 3 aromatic heterocycles. The number of hydrogen-bond donors (Lipinski definition) is 1. The Kier molecular flexibility index (Phi) is 4.46. The minimum Gasteiger partial charge on any atom is -0.349 e. The lowest BCUT2D eigenvalue weighted by atomic mass is 10.2. The van der Waals surface area contributed by atoms with Gasteiger partial charge in [-0.05, 0) is 44.5 Å². The summed E-state index contributed by atoms with van der Waals surface area (Å²) < 4.78 is 3.83. The molecule has 1 amide bonds. The van der Waals surface area contributed by atoms with Crippen LogP contribution in [0.4, 0.5) is 0 Å². The second kappa shape index (κ2) is 6.70. The van der Waals surface area contributed by atoms with Crippen LogP contribution in [0.2, 0.25) is 0 Å². The van der Waals surface area contributed by atoms with Crippen LogP contribution in [0.15, 0.2) is 42.9 Å². The molecule has 0 aromatic carbocycles.